The first-order chi connectivity index (χ1) is 9.31. The number of anilines is 2. The zero-order valence-corrected chi connectivity index (χ0v) is 12.1. The fourth-order valence-corrected chi connectivity index (χ4v) is 2.94. The van der Waals surface area contributed by atoms with Gasteiger partial charge in [-0.2, -0.15) is 0 Å². The van der Waals surface area contributed by atoms with Gasteiger partial charge in [0.25, 0.3) is 10.0 Å². The van der Waals surface area contributed by atoms with Gasteiger partial charge in [-0.1, -0.05) is 17.7 Å². The maximum absolute atomic E-state index is 13.1. The summed E-state index contributed by atoms with van der Waals surface area (Å²) in [5.41, 5.74) is 6.12. The van der Waals surface area contributed by atoms with Gasteiger partial charge in [-0.05, 0) is 42.8 Å². The van der Waals surface area contributed by atoms with Crippen LogP contribution in [-0.2, 0) is 10.0 Å². The summed E-state index contributed by atoms with van der Waals surface area (Å²) in [6.45, 7) is 1.69. The second kappa shape index (κ2) is 5.30. The van der Waals surface area contributed by atoms with Crippen molar-refractivity contribution in [2.24, 2.45) is 0 Å². The molecule has 2 rings (SSSR count). The molecule has 0 radical (unpaired) electrons. The van der Waals surface area contributed by atoms with Gasteiger partial charge in [0, 0.05) is 5.02 Å². The van der Waals surface area contributed by atoms with E-state index in [1.165, 1.54) is 0 Å². The average Bonchev–Trinajstić information content (AvgIpc) is 2.38. The molecular formula is C13H12ClFN2O2S. The van der Waals surface area contributed by atoms with E-state index in [1.807, 2.05) is 0 Å². The Bertz CT molecular complexity index is 763. The second-order valence-electron chi connectivity index (χ2n) is 4.20. The van der Waals surface area contributed by atoms with E-state index in [2.05, 4.69) is 4.72 Å². The van der Waals surface area contributed by atoms with Crippen LogP contribution >= 0.6 is 11.6 Å². The first-order valence-electron chi connectivity index (χ1n) is 5.64. The zero-order chi connectivity index (χ0) is 14.9. The van der Waals surface area contributed by atoms with Crippen molar-refractivity contribution in [2.45, 2.75) is 11.8 Å². The van der Waals surface area contributed by atoms with Gasteiger partial charge >= 0.3 is 0 Å². The molecule has 0 heterocycles. The summed E-state index contributed by atoms with van der Waals surface area (Å²) >= 11 is 5.93. The normalized spacial score (nSPS) is 11.3. The quantitative estimate of drug-likeness (QED) is 0.855. The first-order valence-corrected chi connectivity index (χ1v) is 7.50. The monoisotopic (exact) mass is 314 g/mol. The van der Waals surface area contributed by atoms with Crippen LogP contribution in [-0.4, -0.2) is 8.42 Å². The summed E-state index contributed by atoms with van der Waals surface area (Å²) in [4.78, 5) is -0.115. The van der Waals surface area contributed by atoms with Crippen molar-refractivity contribution in [1.29, 1.82) is 0 Å². The van der Waals surface area contributed by atoms with E-state index in [1.54, 1.807) is 25.1 Å². The van der Waals surface area contributed by atoms with E-state index in [0.29, 0.717) is 16.3 Å². The minimum Gasteiger partial charge on any atom is -0.396 e. The molecule has 0 unspecified atom stereocenters. The Balaban J connectivity index is 2.41. The minimum atomic E-state index is -3.85. The van der Waals surface area contributed by atoms with Gasteiger partial charge in [0.2, 0.25) is 0 Å². The third kappa shape index (κ3) is 2.86. The number of nitrogens with two attached hydrogens (primary N) is 1. The van der Waals surface area contributed by atoms with Crippen LogP contribution in [0.25, 0.3) is 0 Å². The molecule has 0 saturated heterocycles. The largest absolute Gasteiger partial charge is 0.396 e. The fraction of sp³-hybridized carbons (Fsp3) is 0.0769. The average molecular weight is 315 g/mol. The Morgan fingerprint density at radius 1 is 1.25 bits per heavy atom. The number of nitrogen functional groups attached to an aromatic ring is 1. The molecule has 0 spiro atoms. The summed E-state index contributed by atoms with van der Waals surface area (Å²) in [6.07, 6.45) is 0. The SMILES string of the molecule is Cc1c(Cl)cccc1NS(=O)(=O)c1ccc(F)c(N)c1. The summed E-state index contributed by atoms with van der Waals surface area (Å²) in [5.74, 6) is -0.664. The Hall–Kier alpha value is -1.79. The fourth-order valence-electron chi connectivity index (χ4n) is 1.61. The zero-order valence-electron chi connectivity index (χ0n) is 10.5. The lowest BCUT2D eigenvalue weighted by Crippen LogP contribution is -2.14. The number of sulfonamides is 1. The van der Waals surface area contributed by atoms with Crippen LogP contribution in [0.2, 0.25) is 5.02 Å². The third-order valence-electron chi connectivity index (χ3n) is 2.79. The molecule has 7 heteroatoms. The van der Waals surface area contributed by atoms with E-state index in [4.69, 9.17) is 17.3 Å². The predicted octanol–water partition coefficient (Wildman–Crippen LogP) is 3.17. The highest BCUT2D eigenvalue weighted by atomic mass is 35.5. The Labute approximate surface area is 121 Å². The van der Waals surface area contributed by atoms with E-state index in [9.17, 15) is 12.8 Å². The van der Waals surface area contributed by atoms with Gasteiger partial charge in [-0.3, -0.25) is 4.72 Å². The highest BCUT2D eigenvalue weighted by Gasteiger charge is 2.17. The Morgan fingerprint density at radius 3 is 2.60 bits per heavy atom. The van der Waals surface area contributed by atoms with Gasteiger partial charge in [0.05, 0.1) is 16.3 Å². The summed E-state index contributed by atoms with van der Waals surface area (Å²) in [5, 5.41) is 0.448. The van der Waals surface area contributed by atoms with Gasteiger partial charge < -0.3 is 5.73 Å². The Morgan fingerprint density at radius 2 is 1.95 bits per heavy atom. The lowest BCUT2D eigenvalue weighted by atomic mass is 10.2. The minimum absolute atomic E-state index is 0.115. The van der Waals surface area contributed by atoms with Gasteiger partial charge in [-0.15, -0.1) is 0 Å². The van der Waals surface area contributed by atoms with Gasteiger partial charge in [0.1, 0.15) is 5.82 Å². The topological polar surface area (TPSA) is 72.2 Å². The smallest absolute Gasteiger partial charge is 0.261 e. The first kappa shape index (κ1) is 14.6. The van der Waals surface area contributed by atoms with Crippen LogP contribution < -0.4 is 10.5 Å². The van der Waals surface area contributed by atoms with Crippen LogP contribution in [0.5, 0.6) is 0 Å². The summed E-state index contributed by atoms with van der Waals surface area (Å²) < 4.78 is 39.9. The number of halogens is 2. The van der Waals surface area contributed by atoms with Crippen molar-refractivity contribution in [2.75, 3.05) is 10.5 Å². The Kier molecular flexibility index (Phi) is 3.87. The number of hydrogen-bond acceptors (Lipinski definition) is 3. The molecule has 0 fully saturated rings. The van der Waals surface area contributed by atoms with E-state index in [-0.39, 0.29) is 10.6 Å². The molecule has 0 aromatic heterocycles. The van der Waals surface area contributed by atoms with Crippen molar-refractivity contribution >= 4 is 33.0 Å². The molecule has 0 atom stereocenters. The van der Waals surface area contributed by atoms with E-state index in [0.717, 1.165) is 18.2 Å². The number of hydrogen-bond donors (Lipinski definition) is 2. The molecule has 0 aliphatic rings. The van der Waals surface area contributed by atoms with Crippen LogP contribution in [0.15, 0.2) is 41.3 Å². The molecular weight excluding hydrogens is 303 g/mol. The molecule has 0 bridgehead atoms. The van der Waals surface area contributed by atoms with Crippen LogP contribution in [0.3, 0.4) is 0 Å². The number of benzene rings is 2. The molecule has 106 valence electrons. The molecule has 0 amide bonds. The lowest BCUT2D eigenvalue weighted by Gasteiger charge is -2.12. The van der Waals surface area contributed by atoms with E-state index >= 15 is 0 Å². The van der Waals surface area contributed by atoms with Crippen molar-refractivity contribution < 1.29 is 12.8 Å². The number of rotatable bonds is 3. The molecule has 3 N–H and O–H groups in total. The third-order valence-corrected chi connectivity index (χ3v) is 4.56. The molecule has 2 aromatic rings. The van der Waals surface area contributed by atoms with Crippen LogP contribution in [0.4, 0.5) is 15.8 Å². The van der Waals surface area contributed by atoms with Crippen molar-refractivity contribution in [3.8, 4) is 0 Å². The van der Waals surface area contributed by atoms with Crippen molar-refractivity contribution in [1.82, 2.24) is 0 Å². The molecule has 2 aromatic carbocycles. The van der Waals surface area contributed by atoms with E-state index < -0.39 is 15.8 Å². The second-order valence-corrected chi connectivity index (χ2v) is 6.29. The molecule has 4 nitrogen and oxygen atoms in total. The van der Waals surface area contributed by atoms with Crippen molar-refractivity contribution in [3.05, 3.63) is 52.8 Å². The molecule has 0 aliphatic heterocycles. The lowest BCUT2D eigenvalue weighted by molar-refractivity contribution is 0.600. The number of nitrogens with one attached hydrogen (secondary N) is 1. The standard InChI is InChI=1S/C13H12ClFN2O2S/c1-8-10(14)3-2-4-13(8)17-20(18,19)9-5-6-11(15)12(16)7-9/h2-7,17H,16H2,1H3. The van der Waals surface area contributed by atoms with Crippen molar-refractivity contribution in [3.63, 3.8) is 0 Å². The molecule has 20 heavy (non-hydrogen) atoms. The van der Waals surface area contributed by atoms with Crippen LogP contribution in [0.1, 0.15) is 5.56 Å². The van der Waals surface area contributed by atoms with Gasteiger partial charge in [0.15, 0.2) is 0 Å². The maximum atomic E-state index is 13.1. The molecule has 0 aliphatic carbocycles. The maximum Gasteiger partial charge on any atom is 0.261 e. The summed E-state index contributed by atoms with van der Waals surface area (Å²) in [7, 11) is -3.85. The van der Waals surface area contributed by atoms with Crippen LogP contribution in [0, 0.1) is 12.7 Å². The van der Waals surface area contributed by atoms with Gasteiger partial charge in [-0.25, -0.2) is 12.8 Å². The molecule has 0 saturated carbocycles. The summed E-state index contributed by atoms with van der Waals surface area (Å²) in [6, 6.07) is 8.10. The highest BCUT2D eigenvalue weighted by molar-refractivity contribution is 7.92. The predicted molar refractivity (Wildman–Crippen MR) is 77.8 cm³/mol. The highest BCUT2D eigenvalue weighted by Crippen LogP contribution is 2.26.